The van der Waals surface area contributed by atoms with Crippen LogP contribution < -0.4 is 16.4 Å². The summed E-state index contributed by atoms with van der Waals surface area (Å²) in [6, 6.07) is 14.3. The lowest BCUT2D eigenvalue weighted by Gasteiger charge is -2.25. The van der Waals surface area contributed by atoms with E-state index in [1.54, 1.807) is 24.3 Å². The first-order valence-electron chi connectivity index (χ1n) is 9.56. The van der Waals surface area contributed by atoms with Crippen molar-refractivity contribution in [2.45, 2.75) is 38.1 Å². The molecule has 0 saturated heterocycles. The highest BCUT2D eigenvalue weighted by atomic mass is 16.2. The molecule has 7 nitrogen and oxygen atoms in total. The molecule has 0 unspecified atom stereocenters. The Morgan fingerprint density at radius 3 is 2.39 bits per heavy atom. The third kappa shape index (κ3) is 3.69. The summed E-state index contributed by atoms with van der Waals surface area (Å²) in [6.07, 6.45) is 5.84. The van der Waals surface area contributed by atoms with Crippen LogP contribution in [0.2, 0.25) is 0 Å². The van der Waals surface area contributed by atoms with Crippen LogP contribution in [0.15, 0.2) is 48.5 Å². The van der Waals surface area contributed by atoms with E-state index < -0.39 is 6.03 Å². The largest absolute Gasteiger partial charge is 0.351 e. The van der Waals surface area contributed by atoms with E-state index in [4.69, 9.17) is 5.73 Å². The molecule has 3 amide bonds. The van der Waals surface area contributed by atoms with Crippen LogP contribution >= 0.6 is 0 Å². The highest BCUT2D eigenvalue weighted by Gasteiger charge is 2.22. The molecular weight excluding hydrogens is 354 g/mol. The molecule has 1 fully saturated rings. The minimum absolute atomic E-state index is 0.238. The fourth-order valence-electron chi connectivity index (χ4n) is 3.86. The highest BCUT2D eigenvalue weighted by Crippen LogP contribution is 2.34. The third-order valence-corrected chi connectivity index (χ3v) is 5.18. The van der Waals surface area contributed by atoms with Gasteiger partial charge in [-0.25, -0.2) is 9.78 Å². The standard InChI is InChI=1S/C21H23N5O2/c22-20(28)23-15-12-10-14(11-13-15)19(27)25-21-24-17-8-4-5-9-18(17)26(21)16-6-2-1-3-7-16/h4-5,8-13,16H,1-3,6-7H2,(H3,22,23,28)(H,24,25,27). The first kappa shape index (κ1) is 18.0. The van der Waals surface area contributed by atoms with Gasteiger partial charge in [-0.1, -0.05) is 31.4 Å². The Morgan fingerprint density at radius 2 is 1.68 bits per heavy atom. The molecule has 0 atom stereocenters. The zero-order chi connectivity index (χ0) is 19.5. The number of hydrogen-bond donors (Lipinski definition) is 3. The van der Waals surface area contributed by atoms with E-state index in [1.807, 2.05) is 18.2 Å². The van der Waals surface area contributed by atoms with Crippen LogP contribution in [-0.2, 0) is 0 Å². The van der Waals surface area contributed by atoms with Crippen molar-refractivity contribution in [3.63, 3.8) is 0 Å². The van der Waals surface area contributed by atoms with Crippen LogP contribution in [0.4, 0.5) is 16.4 Å². The Hall–Kier alpha value is -3.35. The Kier molecular flexibility index (Phi) is 4.97. The Morgan fingerprint density at radius 1 is 0.964 bits per heavy atom. The van der Waals surface area contributed by atoms with E-state index in [1.165, 1.54) is 19.3 Å². The van der Waals surface area contributed by atoms with Crippen molar-refractivity contribution in [3.8, 4) is 0 Å². The zero-order valence-electron chi connectivity index (χ0n) is 15.5. The van der Waals surface area contributed by atoms with Crippen molar-refractivity contribution in [1.29, 1.82) is 0 Å². The van der Waals surface area contributed by atoms with Gasteiger partial charge in [-0.2, -0.15) is 0 Å². The minimum Gasteiger partial charge on any atom is -0.351 e. The van der Waals surface area contributed by atoms with E-state index in [0.717, 1.165) is 23.9 Å². The normalized spacial score (nSPS) is 14.7. The molecule has 1 heterocycles. The molecule has 2 aromatic carbocycles. The number of nitrogens with two attached hydrogens (primary N) is 1. The number of hydrogen-bond acceptors (Lipinski definition) is 3. The topological polar surface area (TPSA) is 102 Å². The lowest BCUT2D eigenvalue weighted by molar-refractivity contribution is 0.102. The molecule has 0 aliphatic heterocycles. The number of carbonyl (C=O) groups excluding carboxylic acids is 2. The zero-order valence-corrected chi connectivity index (χ0v) is 15.5. The monoisotopic (exact) mass is 377 g/mol. The summed E-state index contributed by atoms with van der Waals surface area (Å²) in [4.78, 5) is 28.4. The number of urea groups is 1. The fraction of sp³-hybridized carbons (Fsp3) is 0.286. The van der Waals surface area contributed by atoms with Crippen molar-refractivity contribution in [1.82, 2.24) is 9.55 Å². The molecule has 0 bridgehead atoms. The predicted octanol–water partition coefficient (Wildman–Crippen LogP) is 4.28. The molecule has 1 aliphatic carbocycles. The van der Waals surface area contributed by atoms with Crippen molar-refractivity contribution in [3.05, 3.63) is 54.1 Å². The molecule has 28 heavy (non-hydrogen) atoms. The van der Waals surface area contributed by atoms with Gasteiger partial charge in [-0.15, -0.1) is 0 Å². The van der Waals surface area contributed by atoms with Gasteiger partial charge in [0.25, 0.3) is 5.91 Å². The summed E-state index contributed by atoms with van der Waals surface area (Å²) in [7, 11) is 0. The number of para-hydroxylation sites is 2. The highest BCUT2D eigenvalue weighted by molar-refractivity contribution is 6.04. The fourth-order valence-corrected chi connectivity index (χ4v) is 3.86. The first-order chi connectivity index (χ1) is 13.6. The Labute approximate surface area is 162 Å². The number of imidazole rings is 1. The van der Waals surface area contributed by atoms with Gasteiger partial charge < -0.3 is 15.6 Å². The summed E-state index contributed by atoms with van der Waals surface area (Å²) in [6.45, 7) is 0. The van der Waals surface area contributed by atoms with Crippen LogP contribution in [0.3, 0.4) is 0 Å². The van der Waals surface area contributed by atoms with Gasteiger partial charge in [0.05, 0.1) is 11.0 Å². The number of aromatic nitrogens is 2. The van der Waals surface area contributed by atoms with Crippen molar-refractivity contribution >= 4 is 34.6 Å². The average Bonchev–Trinajstić information content (AvgIpc) is 3.06. The number of amides is 3. The third-order valence-electron chi connectivity index (χ3n) is 5.18. The maximum Gasteiger partial charge on any atom is 0.316 e. The summed E-state index contributed by atoms with van der Waals surface area (Å²) in [5, 5.41) is 5.46. The second kappa shape index (κ2) is 7.72. The maximum absolute atomic E-state index is 12.8. The SMILES string of the molecule is NC(=O)Nc1ccc(C(=O)Nc2nc3ccccc3n2C2CCCCC2)cc1. The second-order valence-corrected chi connectivity index (χ2v) is 7.11. The van der Waals surface area contributed by atoms with Gasteiger partial charge >= 0.3 is 6.03 Å². The summed E-state index contributed by atoms with van der Waals surface area (Å²) in [5.74, 6) is 0.343. The summed E-state index contributed by atoms with van der Waals surface area (Å²) < 4.78 is 2.18. The number of fused-ring (bicyclic) bond motifs is 1. The van der Waals surface area contributed by atoms with E-state index in [-0.39, 0.29) is 5.91 Å². The molecule has 144 valence electrons. The van der Waals surface area contributed by atoms with Crippen molar-refractivity contribution in [2.24, 2.45) is 5.73 Å². The van der Waals surface area contributed by atoms with Crippen molar-refractivity contribution < 1.29 is 9.59 Å². The Bertz CT molecular complexity index is 1000. The predicted molar refractivity (Wildman–Crippen MR) is 109 cm³/mol. The van der Waals surface area contributed by atoms with Crippen LogP contribution in [0.1, 0.15) is 48.5 Å². The van der Waals surface area contributed by atoms with Crippen LogP contribution in [-0.4, -0.2) is 21.5 Å². The van der Waals surface area contributed by atoms with E-state index in [0.29, 0.717) is 23.2 Å². The lowest BCUT2D eigenvalue weighted by Crippen LogP contribution is -2.20. The van der Waals surface area contributed by atoms with Crippen LogP contribution in [0.25, 0.3) is 11.0 Å². The number of rotatable bonds is 4. The first-order valence-corrected chi connectivity index (χ1v) is 9.56. The number of nitrogens with one attached hydrogen (secondary N) is 2. The number of benzene rings is 2. The van der Waals surface area contributed by atoms with Gasteiger partial charge in [0.1, 0.15) is 0 Å². The number of nitrogens with zero attached hydrogens (tertiary/aromatic N) is 2. The molecule has 1 saturated carbocycles. The van der Waals surface area contributed by atoms with Gasteiger partial charge in [0.15, 0.2) is 0 Å². The molecule has 4 N–H and O–H groups in total. The molecule has 3 aromatic rings. The van der Waals surface area contributed by atoms with Crippen LogP contribution in [0.5, 0.6) is 0 Å². The van der Waals surface area contributed by atoms with E-state index in [9.17, 15) is 9.59 Å². The van der Waals surface area contributed by atoms with E-state index in [2.05, 4.69) is 26.3 Å². The minimum atomic E-state index is -0.640. The molecule has 1 aliphatic rings. The smallest absolute Gasteiger partial charge is 0.316 e. The second-order valence-electron chi connectivity index (χ2n) is 7.11. The van der Waals surface area contributed by atoms with Crippen LogP contribution in [0, 0.1) is 0 Å². The van der Waals surface area contributed by atoms with Gasteiger partial charge in [-0.3, -0.25) is 10.1 Å². The van der Waals surface area contributed by atoms with E-state index >= 15 is 0 Å². The molecule has 0 radical (unpaired) electrons. The quantitative estimate of drug-likeness (QED) is 0.632. The molecule has 0 spiro atoms. The lowest BCUT2D eigenvalue weighted by atomic mass is 9.95. The summed E-state index contributed by atoms with van der Waals surface area (Å²) >= 11 is 0. The van der Waals surface area contributed by atoms with Gasteiger partial charge in [0.2, 0.25) is 5.95 Å². The number of anilines is 2. The molecule has 1 aromatic heterocycles. The molecular formula is C21H23N5O2. The average molecular weight is 377 g/mol. The number of carbonyl (C=O) groups is 2. The van der Waals surface area contributed by atoms with Crippen molar-refractivity contribution in [2.75, 3.05) is 10.6 Å². The van der Waals surface area contributed by atoms with Gasteiger partial charge in [0, 0.05) is 17.3 Å². The molecule has 4 rings (SSSR count). The Balaban J connectivity index is 1.61. The van der Waals surface area contributed by atoms with Gasteiger partial charge in [-0.05, 0) is 49.2 Å². The maximum atomic E-state index is 12.8. The number of primary amides is 1. The molecule has 7 heteroatoms. The summed E-state index contributed by atoms with van der Waals surface area (Å²) in [5.41, 5.74) is 8.06.